The van der Waals surface area contributed by atoms with Gasteiger partial charge in [-0.15, -0.1) is 0 Å². The van der Waals surface area contributed by atoms with Crippen molar-refractivity contribution in [3.05, 3.63) is 77.4 Å². The lowest BCUT2D eigenvalue weighted by Gasteiger charge is -2.44. The van der Waals surface area contributed by atoms with E-state index in [0.717, 1.165) is 63.8 Å². The lowest BCUT2D eigenvalue weighted by Crippen LogP contribution is -2.35. The molecule has 1 aliphatic rings. The summed E-state index contributed by atoms with van der Waals surface area (Å²) in [4.78, 5) is 9.00. The first-order valence-corrected chi connectivity index (χ1v) is 12.7. The fraction of sp³-hybridized carbons (Fsp3) is 0.344. The second-order valence-electron chi connectivity index (χ2n) is 11.1. The lowest BCUT2D eigenvalue weighted by molar-refractivity contribution is 0.317. The summed E-state index contributed by atoms with van der Waals surface area (Å²) in [6, 6.07) is 20.8. The predicted octanol–water partition coefficient (Wildman–Crippen LogP) is 8.09. The highest BCUT2D eigenvalue weighted by atomic mass is 16.5. The number of aromatic amines is 1. The minimum absolute atomic E-state index is 0.0142. The molecule has 0 atom stereocenters. The van der Waals surface area contributed by atoms with Crippen molar-refractivity contribution in [3.8, 4) is 45.4 Å². The van der Waals surface area contributed by atoms with Crippen molar-refractivity contribution in [2.24, 2.45) is 0 Å². The highest BCUT2D eigenvalue weighted by molar-refractivity contribution is 5.85. The molecule has 186 valence electrons. The molecule has 1 aromatic heterocycles. The molecule has 0 saturated carbocycles. The van der Waals surface area contributed by atoms with Crippen LogP contribution in [0, 0.1) is 6.92 Å². The molecule has 0 amide bonds. The molecule has 0 spiro atoms. The number of imidazole rings is 1. The topological polar surface area (TPSA) is 47.1 Å². The first kappa shape index (κ1) is 24.2. The number of rotatable bonds is 5. The Morgan fingerprint density at radius 1 is 0.722 bits per heavy atom. The van der Waals surface area contributed by atoms with Crippen LogP contribution in [0.4, 0.5) is 0 Å². The van der Waals surface area contributed by atoms with Crippen LogP contribution >= 0.6 is 0 Å². The second-order valence-corrected chi connectivity index (χ2v) is 11.1. The van der Waals surface area contributed by atoms with Gasteiger partial charge in [0, 0.05) is 11.1 Å². The fourth-order valence-electron chi connectivity index (χ4n) is 6.00. The number of benzene rings is 3. The zero-order chi connectivity index (χ0) is 25.7. The van der Waals surface area contributed by atoms with Crippen LogP contribution in [0.3, 0.4) is 0 Å². The van der Waals surface area contributed by atoms with Crippen LogP contribution in [-0.2, 0) is 10.8 Å². The van der Waals surface area contributed by atoms with Crippen molar-refractivity contribution in [2.45, 2.75) is 58.3 Å². The molecular formula is C32H36N2O2. The van der Waals surface area contributed by atoms with Crippen LogP contribution < -0.4 is 9.47 Å². The van der Waals surface area contributed by atoms with Gasteiger partial charge < -0.3 is 14.5 Å². The Hall–Kier alpha value is -3.53. The van der Waals surface area contributed by atoms with Crippen LogP contribution in [0.2, 0.25) is 0 Å². The Morgan fingerprint density at radius 3 is 1.81 bits per heavy atom. The number of aromatic nitrogens is 2. The summed E-state index contributed by atoms with van der Waals surface area (Å²) in [5.74, 6) is 2.34. The molecule has 4 nitrogen and oxygen atoms in total. The van der Waals surface area contributed by atoms with Crippen molar-refractivity contribution in [2.75, 3.05) is 14.2 Å². The Labute approximate surface area is 214 Å². The third-order valence-corrected chi connectivity index (χ3v) is 7.84. The van der Waals surface area contributed by atoms with E-state index in [0.29, 0.717) is 0 Å². The van der Waals surface area contributed by atoms with E-state index in [1.54, 1.807) is 14.2 Å². The molecule has 36 heavy (non-hydrogen) atoms. The number of nitrogens with zero attached hydrogens (tertiary/aromatic N) is 1. The monoisotopic (exact) mass is 480 g/mol. The van der Waals surface area contributed by atoms with E-state index in [9.17, 15) is 0 Å². The van der Waals surface area contributed by atoms with Crippen molar-refractivity contribution >= 4 is 0 Å². The number of fused-ring (bicyclic) bond motifs is 1. The van der Waals surface area contributed by atoms with Crippen LogP contribution in [0.25, 0.3) is 33.9 Å². The first-order chi connectivity index (χ1) is 17.2. The summed E-state index contributed by atoms with van der Waals surface area (Å²) in [6.45, 7) is 11.5. The minimum Gasteiger partial charge on any atom is -0.493 e. The molecule has 0 bridgehead atoms. The molecule has 0 unspecified atom stereocenters. The van der Waals surface area contributed by atoms with Gasteiger partial charge >= 0.3 is 0 Å². The Balaban J connectivity index is 1.90. The number of nitrogens with one attached hydrogen (secondary N) is 1. The van der Waals surface area contributed by atoms with Crippen molar-refractivity contribution < 1.29 is 9.47 Å². The Morgan fingerprint density at radius 2 is 1.25 bits per heavy atom. The normalized spacial score (nSPS) is 15.9. The molecule has 0 radical (unpaired) electrons. The summed E-state index contributed by atoms with van der Waals surface area (Å²) >= 11 is 0. The van der Waals surface area contributed by atoms with Gasteiger partial charge in [-0.1, -0.05) is 88.4 Å². The summed E-state index contributed by atoms with van der Waals surface area (Å²) in [6.07, 6.45) is 2.21. The van der Waals surface area contributed by atoms with Crippen molar-refractivity contribution in [1.29, 1.82) is 0 Å². The average molecular weight is 481 g/mol. The number of ether oxygens (including phenoxy) is 2. The Kier molecular flexibility index (Phi) is 5.94. The van der Waals surface area contributed by atoms with Gasteiger partial charge in [-0.3, -0.25) is 0 Å². The Bertz CT molecular complexity index is 1340. The zero-order valence-corrected chi connectivity index (χ0v) is 22.5. The number of hydrogen-bond acceptors (Lipinski definition) is 3. The first-order valence-electron chi connectivity index (χ1n) is 12.7. The standard InChI is InChI=1S/C32H36N2O2/c1-20-24-25(32(4,5)19-18-31(24,2)3)23(29(36-7)28(20)35-6)30-33-26(21-14-10-8-11-15-21)27(34-30)22-16-12-9-13-17-22/h8-17H,18-19H2,1-7H3,(H,33,34). The molecule has 0 aliphatic heterocycles. The summed E-state index contributed by atoms with van der Waals surface area (Å²) in [5, 5.41) is 0. The molecule has 1 heterocycles. The van der Waals surface area contributed by atoms with Crippen LogP contribution in [0.15, 0.2) is 60.7 Å². The number of methoxy groups -OCH3 is 2. The fourth-order valence-corrected chi connectivity index (χ4v) is 6.00. The van der Waals surface area contributed by atoms with Gasteiger partial charge in [0.05, 0.1) is 31.2 Å². The quantitative estimate of drug-likeness (QED) is 0.314. The highest BCUT2D eigenvalue weighted by Gasteiger charge is 2.43. The van der Waals surface area contributed by atoms with E-state index in [-0.39, 0.29) is 10.8 Å². The molecule has 1 N–H and O–H groups in total. The molecule has 5 rings (SSSR count). The maximum absolute atomic E-state index is 6.11. The molecule has 4 aromatic rings. The SMILES string of the molecule is COc1c(C)c2c(c(-c3nc(-c4ccccc4)c(-c4ccccc4)[nH]3)c1OC)C(C)(C)CCC2(C)C. The molecule has 1 aliphatic carbocycles. The molecule has 0 fully saturated rings. The number of H-pyrrole nitrogens is 1. The van der Waals surface area contributed by atoms with Gasteiger partial charge in [0.15, 0.2) is 11.5 Å². The zero-order valence-electron chi connectivity index (χ0n) is 22.5. The third kappa shape index (κ3) is 3.80. The third-order valence-electron chi connectivity index (χ3n) is 7.84. The van der Waals surface area contributed by atoms with E-state index < -0.39 is 0 Å². The summed E-state index contributed by atoms with van der Waals surface area (Å²) in [5.41, 5.74) is 8.90. The van der Waals surface area contributed by atoms with E-state index in [2.05, 4.69) is 88.1 Å². The minimum atomic E-state index is -0.0445. The van der Waals surface area contributed by atoms with Gasteiger partial charge in [0.25, 0.3) is 0 Å². The smallest absolute Gasteiger partial charge is 0.172 e. The predicted molar refractivity (Wildman–Crippen MR) is 148 cm³/mol. The van der Waals surface area contributed by atoms with Crippen LogP contribution in [0.5, 0.6) is 11.5 Å². The van der Waals surface area contributed by atoms with Crippen LogP contribution in [0.1, 0.15) is 57.2 Å². The van der Waals surface area contributed by atoms with Crippen molar-refractivity contribution in [1.82, 2.24) is 9.97 Å². The van der Waals surface area contributed by atoms with E-state index in [1.165, 1.54) is 11.1 Å². The maximum atomic E-state index is 6.11. The molecule has 3 aromatic carbocycles. The number of hydrogen-bond donors (Lipinski definition) is 1. The van der Waals surface area contributed by atoms with E-state index in [4.69, 9.17) is 14.5 Å². The lowest BCUT2D eigenvalue weighted by atomic mass is 9.60. The largest absolute Gasteiger partial charge is 0.493 e. The van der Waals surface area contributed by atoms with Gasteiger partial charge in [0.1, 0.15) is 5.82 Å². The van der Waals surface area contributed by atoms with E-state index in [1.807, 2.05) is 12.1 Å². The molecular weight excluding hydrogens is 444 g/mol. The average Bonchev–Trinajstić information content (AvgIpc) is 3.32. The summed E-state index contributed by atoms with van der Waals surface area (Å²) in [7, 11) is 3.46. The molecule has 4 heteroatoms. The highest BCUT2D eigenvalue weighted by Crippen LogP contribution is 2.56. The van der Waals surface area contributed by atoms with Gasteiger partial charge in [-0.05, 0) is 47.3 Å². The van der Waals surface area contributed by atoms with Crippen molar-refractivity contribution in [3.63, 3.8) is 0 Å². The second kappa shape index (κ2) is 8.85. The van der Waals surface area contributed by atoms with Crippen LogP contribution in [-0.4, -0.2) is 24.2 Å². The van der Waals surface area contributed by atoms with E-state index >= 15 is 0 Å². The summed E-state index contributed by atoms with van der Waals surface area (Å²) < 4.78 is 12.1. The molecule has 0 saturated heterocycles. The van der Waals surface area contributed by atoms with Gasteiger partial charge in [0.2, 0.25) is 0 Å². The maximum Gasteiger partial charge on any atom is 0.172 e. The van der Waals surface area contributed by atoms with Gasteiger partial charge in [-0.25, -0.2) is 4.98 Å². The van der Waals surface area contributed by atoms with Gasteiger partial charge in [-0.2, -0.15) is 0 Å².